The average molecular weight is 226 g/mol. The summed E-state index contributed by atoms with van der Waals surface area (Å²) < 4.78 is 0. The standard InChI is InChI=1S/C10H14S.2C2H6/c1-7-3-4-9-8(2)6-11-10(9)5-7;2*1-2/h5,8H,3-4,6H2,1-2H3;2*1-2H3. The molecule has 0 fully saturated rings. The molecule has 2 rings (SSSR count). The molecule has 2 aliphatic rings. The Labute approximate surface area is 100 Å². The molecule has 1 heterocycles. The lowest BCUT2D eigenvalue weighted by Gasteiger charge is -2.13. The molecule has 0 saturated heterocycles. The van der Waals surface area contributed by atoms with Crippen molar-refractivity contribution in [2.24, 2.45) is 5.92 Å². The molecule has 1 heteroatoms. The van der Waals surface area contributed by atoms with Gasteiger partial charge in [0.25, 0.3) is 0 Å². The van der Waals surface area contributed by atoms with Crippen molar-refractivity contribution >= 4 is 11.8 Å². The molecule has 15 heavy (non-hydrogen) atoms. The maximum atomic E-state index is 2.38. The van der Waals surface area contributed by atoms with Crippen molar-refractivity contribution in [3.05, 3.63) is 22.1 Å². The Hall–Kier alpha value is -0.170. The van der Waals surface area contributed by atoms with Crippen LogP contribution in [0.1, 0.15) is 54.4 Å². The molecule has 0 aromatic carbocycles. The SMILES string of the molecule is CC.CC.CC1=CC2=C(CC1)C(C)CS2. The number of rotatable bonds is 0. The highest BCUT2D eigenvalue weighted by Gasteiger charge is 2.23. The van der Waals surface area contributed by atoms with Crippen LogP contribution in [0.15, 0.2) is 22.1 Å². The van der Waals surface area contributed by atoms with Crippen LogP contribution in [-0.2, 0) is 0 Å². The van der Waals surface area contributed by atoms with Crippen LogP contribution in [0.25, 0.3) is 0 Å². The Bertz CT molecular complexity index is 236. The van der Waals surface area contributed by atoms with Gasteiger partial charge in [-0.05, 0) is 31.8 Å². The summed E-state index contributed by atoms with van der Waals surface area (Å²) in [5, 5.41) is 0. The molecule has 0 bridgehead atoms. The maximum Gasteiger partial charge on any atom is 0.00667 e. The summed E-state index contributed by atoms with van der Waals surface area (Å²) in [5.41, 5.74) is 3.28. The topological polar surface area (TPSA) is 0 Å². The summed E-state index contributed by atoms with van der Waals surface area (Å²) in [4.78, 5) is 1.58. The lowest BCUT2D eigenvalue weighted by molar-refractivity contribution is 0.720. The average Bonchev–Trinajstić information content (AvgIpc) is 2.65. The van der Waals surface area contributed by atoms with Gasteiger partial charge in [0.2, 0.25) is 0 Å². The highest BCUT2D eigenvalue weighted by atomic mass is 32.2. The predicted molar refractivity (Wildman–Crippen MR) is 74.3 cm³/mol. The van der Waals surface area contributed by atoms with Crippen LogP contribution in [0.3, 0.4) is 0 Å². The largest absolute Gasteiger partial charge is 0.126 e. The van der Waals surface area contributed by atoms with Crippen molar-refractivity contribution in [1.29, 1.82) is 0 Å². The van der Waals surface area contributed by atoms with Crippen molar-refractivity contribution in [3.8, 4) is 0 Å². The Balaban J connectivity index is 0.000000442. The predicted octanol–water partition coefficient (Wildman–Crippen LogP) is 5.42. The van der Waals surface area contributed by atoms with E-state index >= 15 is 0 Å². The Morgan fingerprint density at radius 2 is 1.73 bits per heavy atom. The molecule has 0 nitrogen and oxygen atoms in total. The second-order valence-electron chi connectivity index (χ2n) is 3.59. The van der Waals surface area contributed by atoms with E-state index in [2.05, 4.69) is 19.9 Å². The molecule has 1 aliphatic carbocycles. The number of allylic oxidation sites excluding steroid dienone is 3. The van der Waals surface area contributed by atoms with Crippen LogP contribution in [0.5, 0.6) is 0 Å². The highest BCUT2D eigenvalue weighted by molar-refractivity contribution is 8.03. The quantitative estimate of drug-likeness (QED) is 0.532. The molecule has 1 atom stereocenters. The lowest BCUT2D eigenvalue weighted by Crippen LogP contribution is -1.99. The lowest BCUT2D eigenvalue weighted by atomic mass is 9.92. The molecular weight excluding hydrogens is 200 g/mol. The third kappa shape index (κ3) is 4.06. The van der Waals surface area contributed by atoms with Crippen molar-refractivity contribution in [2.75, 3.05) is 5.75 Å². The van der Waals surface area contributed by atoms with Crippen LogP contribution in [0, 0.1) is 5.92 Å². The number of thioether (sulfide) groups is 1. The fourth-order valence-electron chi connectivity index (χ4n) is 1.78. The minimum Gasteiger partial charge on any atom is -0.126 e. The van der Waals surface area contributed by atoms with Crippen molar-refractivity contribution in [3.63, 3.8) is 0 Å². The Morgan fingerprint density at radius 1 is 1.13 bits per heavy atom. The number of hydrogen-bond donors (Lipinski definition) is 0. The molecule has 1 unspecified atom stereocenters. The van der Waals surface area contributed by atoms with E-state index < -0.39 is 0 Å². The summed E-state index contributed by atoms with van der Waals surface area (Å²) in [6, 6.07) is 0. The summed E-state index contributed by atoms with van der Waals surface area (Å²) in [7, 11) is 0. The minimum atomic E-state index is 0.847. The fourth-order valence-corrected chi connectivity index (χ4v) is 3.19. The van der Waals surface area contributed by atoms with Gasteiger partial charge in [-0.1, -0.05) is 45.8 Å². The highest BCUT2D eigenvalue weighted by Crippen LogP contribution is 2.42. The molecule has 0 spiro atoms. The first-order valence-electron chi connectivity index (χ1n) is 6.30. The van der Waals surface area contributed by atoms with Crippen molar-refractivity contribution in [2.45, 2.75) is 54.4 Å². The van der Waals surface area contributed by atoms with E-state index in [9.17, 15) is 0 Å². The van der Waals surface area contributed by atoms with Crippen LogP contribution in [0.2, 0.25) is 0 Å². The van der Waals surface area contributed by atoms with Gasteiger partial charge in [0.1, 0.15) is 0 Å². The second kappa shape index (κ2) is 8.04. The summed E-state index contributed by atoms with van der Waals surface area (Å²) in [6.45, 7) is 12.6. The molecule has 0 aromatic rings. The van der Waals surface area contributed by atoms with Crippen LogP contribution in [-0.4, -0.2) is 5.75 Å². The summed E-state index contributed by atoms with van der Waals surface area (Å²) in [5.74, 6) is 2.16. The van der Waals surface area contributed by atoms with E-state index in [0.29, 0.717) is 0 Å². The molecule has 1 aliphatic heterocycles. The molecular formula is C14H26S. The van der Waals surface area contributed by atoms with Gasteiger partial charge in [-0.2, -0.15) is 0 Å². The molecule has 0 saturated carbocycles. The third-order valence-corrected chi connectivity index (χ3v) is 3.92. The van der Waals surface area contributed by atoms with E-state index in [0.717, 1.165) is 5.92 Å². The smallest absolute Gasteiger partial charge is 0.00667 e. The van der Waals surface area contributed by atoms with Gasteiger partial charge in [0, 0.05) is 10.7 Å². The van der Waals surface area contributed by atoms with Crippen molar-refractivity contribution < 1.29 is 0 Å². The normalized spacial score (nSPS) is 23.1. The van der Waals surface area contributed by atoms with E-state index in [1.165, 1.54) is 18.6 Å². The Morgan fingerprint density at radius 3 is 2.33 bits per heavy atom. The fraction of sp³-hybridized carbons (Fsp3) is 0.714. The van der Waals surface area contributed by atoms with Crippen LogP contribution >= 0.6 is 11.8 Å². The third-order valence-electron chi connectivity index (χ3n) is 2.57. The van der Waals surface area contributed by atoms with Crippen molar-refractivity contribution in [1.82, 2.24) is 0 Å². The first-order valence-corrected chi connectivity index (χ1v) is 7.29. The zero-order chi connectivity index (χ0) is 11.8. The summed E-state index contributed by atoms with van der Waals surface area (Å²) >= 11 is 2.04. The first kappa shape index (κ1) is 14.8. The minimum absolute atomic E-state index is 0.847. The zero-order valence-corrected chi connectivity index (χ0v) is 12.0. The molecule has 0 radical (unpaired) electrons. The molecule has 0 amide bonds. The summed E-state index contributed by atoms with van der Waals surface area (Å²) in [6.07, 6.45) is 5.00. The molecule has 0 aromatic heterocycles. The number of hydrogen-bond acceptors (Lipinski definition) is 1. The van der Waals surface area contributed by atoms with E-state index in [4.69, 9.17) is 0 Å². The molecule has 0 N–H and O–H groups in total. The van der Waals surface area contributed by atoms with Gasteiger partial charge in [0.05, 0.1) is 0 Å². The zero-order valence-electron chi connectivity index (χ0n) is 11.2. The van der Waals surface area contributed by atoms with Gasteiger partial charge in [-0.25, -0.2) is 0 Å². The maximum absolute atomic E-state index is 2.38. The van der Waals surface area contributed by atoms with E-state index in [1.807, 2.05) is 39.5 Å². The van der Waals surface area contributed by atoms with Gasteiger partial charge in [-0.15, -0.1) is 11.8 Å². The van der Waals surface area contributed by atoms with Crippen LogP contribution in [0.4, 0.5) is 0 Å². The van der Waals surface area contributed by atoms with Gasteiger partial charge in [0.15, 0.2) is 0 Å². The van der Waals surface area contributed by atoms with Gasteiger partial charge >= 0.3 is 0 Å². The van der Waals surface area contributed by atoms with E-state index in [-0.39, 0.29) is 0 Å². The van der Waals surface area contributed by atoms with Gasteiger partial charge < -0.3 is 0 Å². The first-order chi connectivity index (χ1) is 7.27. The van der Waals surface area contributed by atoms with E-state index in [1.54, 1.807) is 16.1 Å². The monoisotopic (exact) mass is 226 g/mol. The van der Waals surface area contributed by atoms with Gasteiger partial charge in [-0.3, -0.25) is 0 Å². The van der Waals surface area contributed by atoms with Crippen LogP contribution < -0.4 is 0 Å². The second-order valence-corrected chi connectivity index (χ2v) is 4.65. The Kier molecular flexibility index (Phi) is 7.95. The molecule has 88 valence electrons.